The van der Waals surface area contributed by atoms with E-state index in [9.17, 15) is 0 Å². The molecular formula is C16H32N2O. The van der Waals surface area contributed by atoms with Gasteiger partial charge in [0.1, 0.15) is 0 Å². The number of nitrogens with one attached hydrogen (secondary N) is 1. The zero-order valence-electron chi connectivity index (χ0n) is 13.2. The molecule has 0 spiro atoms. The molecule has 2 rings (SSSR count). The van der Waals surface area contributed by atoms with Crippen LogP contribution >= 0.6 is 0 Å². The van der Waals surface area contributed by atoms with Gasteiger partial charge in [0.25, 0.3) is 0 Å². The summed E-state index contributed by atoms with van der Waals surface area (Å²) < 4.78 is 5.90. The first-order valence-corrected chi connectivity index (χ1v) is 8.11. The zero-order chi connectivity index (χ0) is 13.8. The van der Waals surface area contributed by atoms with Crippen LogP contribution in [0.5, 0.6) is 0 Å². The molecule has 0 aromatic rings. The van der Waals surface area contributed by atoms with Crippen LogP contribution in [0.25, 0.3) is 0 Å². The minimum absolute atomic E-state index is 0.461. The van der Waals surface area contributed by atoms with Crippen LogP contribution in [0.3, 0.4) is 0 Å². The third-order valence-electron chi connectivity index (χ3n) is 5.07. The van der Waals surface area contributed by atoms with Crippen LogP contribution in [-0.4, -0.2) is 50.3 Å². The summed E-state index contributed by atoms with van der Waals surface area (Å²) in [4.78, 5) is 2.56. The summed E-state index contributed by atoms with van der Waals surface area (Å²) in [6.07, 6.45) is 6.96. The molecule has 0 radical (unpaired) electrons. The van der Waals surface area contributed by atoms with E-state index in [1.807, 2.05) is 0 Å². The van der Waals surface area contributed by atoms with Gasteiger partial charge >= 0.3 is 0 Å². The number of likely N-dealkylation sites (N-methyl/N-ethyl adjacent to an activating group) is 2. The first-order chi connectivity index (χ1) is 9.11. The molecule has 2 fully saturated rings. The Kier molecular flexibility index (Phi) is 5.67. The average Bonchev–Trinajstić information content (AvgIpc) is 2.38. The molecule has 1 aliphatic carbocycles. The molecule has 3 nitrogen and oxygen atoms in total. The number of rotatable bonds is 4. The van der Waals surface area contributed by atoms with E-state index >= 15 is 0 Å². The monoisotopic (exact) mass is 268 g/mol. The molecule has 112 valence electrons. The average molecular weight is 268 g/mol. The van der Waals surface area contributed by atoms with E-state index in [2.05, 4.69) is 38.2 Å². The second kappa shape index (κ2) is 7.05. The van der Waals surface area contributed by atoms with Crippen LogP contribution < -0.4 is 5.32 Å². The number of nitrogens with zero attached hydrogens (tertiary/aromatic N) is 1. The van der Waals surface area contributed by atoms with E-state index in [-0.39, 0.29) is 0 Å². The van der Waals surface area contributed by atoms with Crippen LogP contribution in [0.15, 0.2) is 0 Å². The Hall–Kier alpha value is -0.120. The number of hydrogen-bond donors (Lipinski definition) is 1. The summed E-state index contributed by atoms with van der Waals surface area (Å²) in [5.74, 6) is 1.62. The molecular weight excluding hydrogens is 236 g/mol. The van der Waals surface area contributed by atoms with Crippen molar-refractivity contribution in [3.8, 4) is 0 Å². The fourth-order valence-electron chi connectivity index (χ4n) is 4.26. The van der Waals surface area contributed by atoms with Crippen molar-refractivity contribution < 1.29 is 4.74 Å². The van der Waals surface area contributed by atoms with Crippen LogP contribution in [0.4, 0.5) is 0 Å². The molecule has 5 atom stereocenters. The molecule has 0 amide bonds. The maximum atomic E-state index is 5.90. The van der Waals surface area contributed by atoms with Crippen molar-refractivity contribution in [1.29, 1.82) is 0 Å². The van der Waals surface area contributed by atoms with Crippen molar-refractivity contribution in [2.75, 3.05) is 27.2 Å². The highest BCUT2D eigenvalue weighted by molar-refractivity contribution is 4.93. The van der Waals surface area contributed by atoms with E-state index in [1.54, 1.807) is 0 Å². The summed E-state index contributed by atoms with van der Waals surface area (Å²) in [6.45, 7) is 6.87. The summed E-state index contributed by atoms with van der Waals surface area (Å²) in [6, 6.07) is 1.29. The van der Waals surface area contributed by atoms with Crippen LogP contribution in [0.2, 0.25) is 0 Å². The van der Waals surface area contributed by atoms with Crippen molar-refractivity contribution in [1.82, 2.24) is 10.2 Å². The van der Waals surface area contributed by atoms with Gasteiger partial charge in [0, 0.05) is 25.2 Å². The SMILES string of the molecule is CNC1CC(C)CC(C)C1N(C)CC1CCCCO1. The Labute approximate surface area is 119 Å². The van der Waals surface area contributed by atoms with Gasteiger partial charge in [-0.2, -0.15) is 0 Å². The minimum Gasteiger partial charge on any atom is -0.377 e. The molecule has 5 unspecified atom stereocenters. The van der Waals surface area contributed by atoms with Gasteiger partial charge in [-0.05, 0) is 58.0 Å². The smallest absolute Gasteiger partial charge is 0.0702 e. The predicted molar refractivity (Wildman–Crippen MR) is 80.4 cm³/mol. The Morgan fingerprint density at radius 3 is 2.63 bits per heavy atom. The van der Waals surface area contributed by atoms with Gasteiger partial charge in [0.15, 0.2) is 0 Å². The van der Waals surface area contributed by atoms with Crippen LogP contribution in [0, 0.1) is 11.8 Å². The first-order valence-electron chi connectivity index (χ1n) is 8.11. The number of ether oxygens (including phenoxy) is 1. The van der Waals surface area contributed by atoms with Crippen LogP contribution in [-0.2, 0) is 4.74 Å². The molecule has 19 heavy (non-hydrogen) atoms. The summed E-state index contributed by atoms with van der Waals surface area (Å²) in [5, 5.41) is 3.55. The Morgan fingerprint density at radius 2 is 2.00 bits per heavy atom. The Morgan fingerprint density at radius 1 is 1.21 bits per heavy atom. The molecule has 1 aliphatic heterocycles. The van der Waals surface area contributed by atoms with Gasteiger partial charge in [-0.3, -0.25) is 4.90 Å². The Bertz CT molecular complexity index is 265. The lowest BCUT2D eigenvalue weighted by Gasteiger charge is -2.45. The summed E-state index contributed by atoms with van der Waals surface area (Å²) in [5.41, 5.74) is 0. The largest absolute Gasteiger partial charge is 0.377 e. The molecule has 0 bridgehead atoms. The van der Waals surface area contributed by atoms with E-state index in [0.717, 1.165) is 25.0 Å². The van der Waals surface area contributed by atoms with Gasteiger partial charge in [0.2, 0.25) is 0 Å². The molecule has 3 heteroatoms. The highest BCUT2D eigenvalue weighted by Crippen LogP contribution is 2.32. The highest BCUT2D eigenvalue weighted by atomic mass is 16.5. The van der Waals surface area contributed by atoms with Crippen molar-refractivity contribution in [2.24, 2.45) is 11.8 Å². The minimum atomic E-state index is 0.461. The van der Waals surface area contributed by atoms with Gasteiger partial charge in [-0.25, -0.2) is 0 Å². The van der Waals surface area contributed by atoms with Crippen molar-refractivity contribution in [3.63, 3.8) is 0 Å². The molecule has 1 saturated carbocycles. The van der Waals surface area contributed by atoms with E-state index in [4.69, 9.17) is 4.74 Å². The maximum absolute atomic E-state index is 5.90. The third-order valence-corrected chi connectivity index (χ3v) is 5.07. The maximum Gasteiger partial charge on any atom is 0.0702 e. The molecule has 0 aromatic carbocycles. The predicted octanol–water partition coefficient (Wildman–Crippen LogP) is 2.51. The van der Waals surface area contributed by atoms with Crippen LogP contribution in [0.1, 0.15) is 46.0 Å². The normalized spacial score (nSPS) is 40.6. The van der Waals surface area contributed by atoms with E-state index in [0.29, 0.717) is 18.2 Å². The fraction of sp³-hybridized carbons (Fsp3) is 1.00. The fourth-order valence-corrected chi connectivity index (χ4v) is 4.26. The molecule has 2 aliphatic rings. The lowest BCUT2D eigenvalue weighted by Crippen LogP contribution is -2.56. The standard InChI is InChI=1S/C16H32N2O/c1-12-9-13(2)16(15(10-12)17-3)18(4)11-14-7-5-6-8-19-14/h12-17H,5-11H2,1-4H3. The molecule has 1 heterocycles. The molecule has 1 saturated heterocycles. The summed E-state index contributed by atoms with van der Waals surface area (Å²) in [7, 11) is 4.41. The summed E-state index contributed by atoms with van der Waals surface area (Å²) >= 11 is 0. The van der Waals surface area contributed by atoms with Gasteiger partial charge in [-0.1, -0.05) is 13.8 Å². The van der Waals surface area contributed by atoms with Gasteiger partial charge < -0.3 is 10.1 Å². The van der Waals surface area contributed by atoms with E-state index < -0.39 is 0 Å². The zero-order valence-corrected chi connectivity index (χ0v) is 13.2. The quantitative estimate of drug-likeness (QED) is 0.848. The van der Waals surface area contributed by atoms with Crippen molar-refractivity contribution in [3.05, 3.63) is 0 Å². The van der Waals surface area contributed by atoms with Crippen molar-refractivity contribution >= 4 is 0 Å². The molecule has 1 N–H and O–H groups in total. The van der Waals surface area contributed by atoms with Gasteiger partial charge in [0.05, 0.1) is 6.10 Å². The topological polar surface area (TPSA) is 24.5 Å². The third kappa shape index (κ3) is 3.93. The van der Waals surface area contributed by atoms with Gasteiger partial charge in [-0.15, -0.1) is 0 Å². The second-order valence-electron chi connectivity index (χ2n) is 6.87. The van der Waals surface area contributed by atoms with Crippen molar-refractivity contribution in [2.45, 2.75) is 64.1 Å². The molecule has 0 aromatic heterocycles. The van der Waals surface area contributed by atoms with E-state index in [1.165, 1.54) is 32.1 Å². The highest BCUT2D eigenvalue weighted by Gasteiger charge is 2.36. The Balaban J connectivity index is 1.92. The lowest BCUT2D eigenvalue weighted by atomic mass is 9.76. The first kappa shape index (κ1) is 15.3. The lowest BCUT2D eigenvalue weighted by molar-refractivity contribution is -0.0227. The number of hydrogen-bond acceptors (Lipinski definition) is 3. The second-order valence-corrected chi connectivity index (χ2v) is 6.87.